The molecule has 4 rings (SSSR count). The van der Waals surface area contributed by atoms with Gasteiger partial charge in [0.15, 0.2) is 6.17 Å². The third-order valence-electron chi connectivity index (χ3n) is 5.32. The highest BCUT2D eigenvalue weighted by Gasteiger charge is 2.30. The molecule has 126 valence electrons. The van der Waals surface area contributed by atoms with Crippen molar-refractivity contribution in [2.45, 2.75) is 20.0 Å². The average molecular weight is 330 g/mol. The van der Waals surface area contributed by atoms with Crippen molar-refractivity contribution in [3.8, 4) is 11.3 Å². The highest BCUT2D eigenvalue weighted by atomic mass is 15.4. The Morgan fingerprint density at radius 2 is 1.72 bits per heavy atom. The molecule has 2 aromatic carbocycles. The summed E-state index contributed by atoms with van der Waals surface area (Å²) in [7, 11) is 4.27. The van der Waals surface area contributed by atoms with Gasteiger partial charge in [0.2, 0.25) is 0 Å². The van der Waals surface area contributed by atoms with Crippen LogP contribution in [0, 0.1) is 6.92 Å². The second-order valence-electron chi connectivity index (χ2n) is 6.81. The maximum Gasteiger partial charge on any atom is 0.283 e. The highest BCUT2D eigenvalue weighted by molar-refractivity contribution is 5.96. The van der Waals surface area contributed by atoms with Gasteiger partial charge in [0.05, 0.1) is 7.05 Å². The molecule has 2 heterocycles. The van der Waals surface area contributed by atoms with Crippen LogP contribution in [0.4, 0.5) is 5.82 Å². The van der Waals surface area contributed by atoms with Gasteiger partial charge < -0.3 is 4.90 Å². The summed E-state index contributed by atoms with van der Waals surface area (Å²) in [6, 6.07) is 19.6. The minimum atomic E-state index is 0.315. The van der Waals surface area contributed by atoms with E-state index in [9.17, 15) is 0 Å². The van der Waals surface area contributed by atoms with Crippen LogP contribution in [0.5, 0.6) is 0 Å². The zero-order valence-electron chi connectivity index (χ0n) is 15.3. The monoisotopic (exact) mass is 330 g/mol. The van der Waals surface area contributed by atoms with Crippen molar-refractivity contribution in [2.24, 2.45) is 7.05 Å². The van der Waals surface area contributed by atoms with Crippen molar-refractivity contribution >= 4 is 16.6 Å². The fourth-order valence-corrected chi connectivity index (χ4v) is 3.69. The molecule has 0 N–H and O–H groups in total. The zero-order valence-corrected chi connectivity index (χ0v) is 15.3. The molecule has 1 atom stereocenters. The van der Waals surface area contributed by atoms with E-state index < -0.39 is 0 Å². The summed E-state index contributed by atoms with van der Waals surface area (Å²) >= 11 is 0. The van der Waals surface area contributed by atoms with E-state index in [0.29, 0.717) is 6.17 Å². The predicted octanol–water partition coefficient (Wildman–Crippen LogP) is 4.21. The molecule has 0 saturated carbocycles. The Morgan fingerprint density at radius 3 is 2.48 bits per heavy atom. The number of aryl methyl sites for hydroxylation is 1. The highest BCUT2D eigenvalue weighted by Crippen LogP contribution is 2.31. The van der Waals surface area contributed by atoms with E-state index in [1.165, 1.54) is 33.4 Å². The van der Waals surface area contributed by atoms with E-state index in [2.05, 4.69) is 109 Å². The molecular formula is C22H24N3+. The molecule has 0 amide bonds. The van der Waals surface area contributed by atoms with E-state index in [1.807, 2.05) is 0 Å². The number of aromatic nitrogens is 1. The molecule has 3 nitrogen and oxygen atoms in total. The molecule has 0 saturated heterocycles. The zero-order chi connectivity index (χ0) is 17.6. The van der Waals surface area contributed by atoms with Gasteiger partial charge in [-0.1, -0.05) is 36.4 Å². The molecule has 3 heteroatoms. The van der Waals surface area contributed by atoms with E-state index in [4.69, 9.17) is 0 Å². The van der Waals surface area contributed by atoms with Crippen LogP contribution in [0.15, 0.2) is 67.0 Å². The first-order chi connectivity index (χ1) is 12.1. The molecule has 0 aliphatic carbocycles. The number of rotatable bonds is 2. The van der Waals surface area contributed by atoms with Crippen molar-refractivity contribution < 1.29 is 4.57 Å². The largest absolute Gasteiger partial charge is 0.339 e. The van der Waals surface area contributed by atoms with Crippen LogP contribution in [0.2, 0.25) is 0 Å². The topological polar surface area (TPSA) is 10.4 Å². The van der Waals surface area contributed by atoms with Gasteiger partial charge in [0.25, 0.3) is 5.82 Å². The predicted molar refractivity (Wildman–Crippen MR) is 104 cm³/mol. The fourth-order valence-electron chi connectivity index (χ4n) is 3.69. The number of hydrogen-bond donors (Lipinski definition) is 0. The first kappa shape index (κ1) is 15.7. The SMILES string of the molecule is Cc1ccc2ccccc2c1-c1cccc(N2C=CN(C)[C@H]2C)[n+]1C. The number of nitrogens with zero attached hydrogens (tertiary/aromatic N) is 3. The number of fused-ring (bicyclic) bond motifs is 1. The van der Waals surface area contributed by atoms with Gasteiger partial charge >= 0.3 is 0 Å². The molecule has 0 spiro atoms. The van der Waals surface area contributed by atoms with Gasteiger partial charge in [0.1, 0.15) is 11.9 Å². The standard InChI is InChI=1S/C22H24N3/c1-16-12-13-18-8-5-6-9-19(18)22(16)20-10-7-11-21(24(20)4)25-15-14-23(3)17(25)2/h5-15,17H,1-4H3/q+1/t17-/m1/s1. The number of pyridine rings is 1. The molecular weight excluding hydrogens is 306 g/mol. The smallest absolute Gasteiger partial charge is 0.283 e. The van der Waals surface area contributed by atoms with Gasteiger partial charge in [-0.05, 0) is 42.3 Å². The summed E-state index contributed by atoms with van der Waals surface area (Å²) in [5.41, 5.74) is 3.85. The van der Waals surface area contributed by atoms with Crippen LogP contribution >= 0.6 is 0 Å². The molecule has 1 aromatic heterocycles. The van der Waals surface area contributed by atoms with Crippen molar-refractivity contribution in [1.82, 2.24) is 4.90 Å². The van der Waals surface area contributed by atoms with Crippen LogP contribution in [0.1, 0.15) is 12.5 Å². The third kappa shape index (κ3) is 2.47. The summed E-state index contributed by atoms with van der Waals surface area (Å²) in [6.07, 6.45) is 4.59. The van der Waals surface area contributed by atoms with Crippen molar-refractivity contribution in [1.29, 1.82) is 0 Å². The Hall–Kier alpha value is -2.81. The van der Waals surface area contributed by atoms with Crippen molar-refractivity contribution in [3.05, 3.63) is 72.6 Å². The van der Waals surface area contributed by atoms with Crippen LogP contribution in [0.3, 0.4) is 0 Å². The molecule has 0 bridgehead atoms. The van der Waals surface area contributed by atoms with Crippen LogP contribution < -0.4 is 9.47 Å². The third-order valence-corrected chi connectivity index (χ3v) is 5.32. The summed E-state index contributed by atoms with van der Waals surface area (Å²) in [5, 5.41) is 2.58. The Labute approximate surface area is 149 Å². The normalized spacial score (nSPS) is 16.9. The quantitative estimate of drug-likeness (QED) is 0.652. The first-order valence-corrected chi connectivity index (χ1v) is 8.74. The summed E-state index contributed by atoms with van der Waals surface area (Å²) in [6.45, 7) is 4.41. The van der Waals surface area contributed by atoms with E-state index in [0.717, 1.165) is 0 Å². The van der Waals surface area contributed by atoms with Gasteiger partial charge in [-0.2, -0.15) is 0 Å². The summed E-state index contributed by atoms with van der Waals surface area (Å²) in [5.74, 6) is 1.19. The molecule has 1 aliphatic rings. The second kappa shape index (κ2) is 5.92. The molecule has 25 heavy (non-hydrogen) atoms. The van der Waals surface area contributed by atoms with Gasteiger partial charge in [-0.15, -0.1) is 0 Å². The lowest BCUT2D eigenvalue weighted by atomic mass is 9.96. The average Bonchev–Trinajstić information content (AvgIpc) is 2.95. The Kier molecular flexibility index (Phi) is 3.72. The number of benzene rings is 2. The van der Waals surface area contributed by atoms with E-state index in [1.54, 1.807) is 0 Å². The lowest BCUT2D eigenvalue weighted by Gasteiger charge is -2.22. The first-order valence-electron chi connectivity index (χ1n) is 8.74. The maximum absolute atomic E-state index is 2.31. The number of anilines is 1. The van der Waals surface area contributed by atoms with Crippen molar-refractivity contribution in [2.75, 3.05) is 11.9 Å². The van der Waals surface area contributed by atoms with Gasteiger partial charge in [-0.25, -0.2) is 9.47 Å². The Bertz CT molecular complexity index is 974. The van der Waals surface area contributed by atoms with Crippen LogP contribution in [0.25, 0.3) is 22.0 Å². The molecule has 0 fully saturated rings. The summed E-state index contributed by atoms with van der Waals surface area (Å²) < 4.78 is 2.30. The maximum atomic E-state index is 2.31. The van der Waals surface area contributed by atoms with Crippen LogP contribution in [-0.4, -0.2) is 18.1 Å². The van der Waals surface area contributed by atoms with Crippen LogP contribution in [-0.2, 0) is 7.05 Å². The summed E-state index contributed by atoms with van der Waals surface area (Å²) in [4.78, 5) is 4.53. The fraction of sp³-hybridized carbons (Fsp3) is 0.227. The lowest BCUT2D eigenvalue weighted by Crippen LogP contribution is -2.43. The molecule has 0 radical (unpaired) electrons. The molecule has 0 unspecified atom stereocenters. The molecule has 3 aromatic rings. The number of hydrogen-bond acceptors (Lipinski definition) is 2. The van der Waals surface area contributed by atoms with E-state index >= 15 is 0 Å². The van der Waals surface area contributed by atoms with Crippen molar-refractivity contribution in [3.63, 3.8) is 0 Å². The van der Waals surface area contributed by atoms with E-state index in [-0.39, 0.29) is 0 Å². The Morgan fingerprint density at radius 1 is 0.920 bits per heavy atom. The second-order valence-corrected chi connectivity index (χ2v) is 6.81. The van der Waals surface area contributed by atoms with Gasteiger partial charge in [-0.3, -0.25) is 0 Å². The molecule has 1 aliphatic heterocycles. The minimum Gasteiger partial charge on any atom is -0.339 e. The lowest BCUT2D eigenvalue weighted by molar-refractivity contribution is -0.647. The minimum absolute atomic E-state index is 0.315. The van der Waals surface area contributed by atoms with Gasteiger partial charge in [0, 0.05) is 24.9 Å². The Balaban J connectivity index is 1.93.